The molecule has 0 saturated carbocycles. The van der Waals surface area contributed by atoms with E-state index in [-0.39, 0.29) is 0 Å². The number of carboxylic acid groups (broad SMARTS) is 1. The number of halogens is 2. The summed E-state index contributed by atoms with van der Waals surface area (Å²) in [5.41, 5.74) is -0.594. The van der Waals surface area contributed by atoms with Crippen LogP contribution in [0.1, 0.15) is 19.4 Å². The minimum absolute atomic E-state index is 0.594. The summed E-state index contributed by atoms with van der Waals surface area (Å²) in [4.78, 5) is 10.7. The maximum Gasteiger partial charge on any atom is 0.318 e. The van der Waals surface area contributed by atoms with Crippen molar-refractivity contribution in [1.29, 1.82) is 0 Å². The second-order valence-electron chi connectivity index (χ2n) is 4.49. The summed E-state index contributed by atoms with van der Waals surface area (Å²) in [7, 11) is -4.14. The van der Waals surface area contributed by atoms with Gasteiger partial charge in [-0.25, -0.2) is 17.2 Å². The predicted octanol–water partition coefficient (Wildman–Crippen LogP) is 1.59. The van der Waals surface area contributed by atoms with Gasteiger partial charge in [0, 0.05) is 11.6 Å². The Kier molecular flexibility index (Phi) is 5.18. The molecule has 1 aromatic carbocycles. The highest BCUT2D eigenvalue weighted by molar-refractivity contribution is 7.88. The van der Waals surface area contributed by atoms with Gasteiger partial charge in [-0.1, -0.05) is 6.07 Å². The van der Waals surface area contributed by atoms with Gasteiger partial charge in [-0.05, 0) is 26.0 Å². The molecule has 0 atom stereocenters. The first kappa shape index (κ1) is 16.5. The summed E-state index contributed by atoms with van der Waals surface area (Å²) in [6.45, 7) is 2.21. The van der Waals surface area contributed by atoms with Gasteiger partial charge in [-0.2, -0.15) is 4.31 Å². The van der Waals surface area contributed by atoms with Crippen molar-refractivity contribution < 1.29 is 27.1 Å². The zero-order valence-corrected chi connectivity index (χ0v) is 11.8. The van der Waals surface area contributed by atoms with Gasteiger partial charge in [0.15, 0.2) is 0 Å². The van der Waals surface area contributed by atoms with Gasteiger partial charge in [0.25, 0.3) is 0 Å². The number of carboxylic acids is 1. The molecule has 0 aliphatic rings. The minimum Gasteiger partial charge on any atom is -0.480 e. The van der Waals surface area contributed by atoms with Crippen LogP contribution in [0.15, 0.2) is 18.2 Å². The molecule has 1 aromatic rings. The smallest absolute Gasteiger partial charge is 0.318 e. The van der Waals surface area contributed by atoms with Gasteiger partial charge < -0.3 is 5.11 Å². The molecule has 0 radical (unpaired) electrons. The SMILES string of the molecule is CC(C)N(CC(=O)O)S(=O)(=O)Cc1c(F)cccc1F. The van der Waals surface area contributed by atoms with Crippen LogP contribution < -0.4 is 0 Å². The third kappa shape index (κ3) is 3.97. The van der Waals surface area contributed by atoms with E-state index >= 15 is 0 Å². The van der Waals surface area contributed by atoms with E-state index in [9.17, 15) is 22.0 Å². The molecule has 0 heterocycles. The lowest BCUT2D eigenvalue weighted by atomic mass is 10.2. The Bertz CT molecular complexity index is 581. The first-order valence-electron chi connectivity index (χ1n) is 5.79. The Morgan fingerprint density at radius 3 is 2.20 bits per heavy atom. The van der Waals surface area contributed by atoms with Crippen molar-refractivity contribution in [3.8, 4) is 0 Å². The molecule has 112 valence electrons. The van der Waals surface area contributed by atoms with E-state index in [2.05, 4.69) is 0 Å². The van der Waals surface area contributed by atoms with Crippen molar-refractivity contribution in [2.24, 2.45) is 0 Å². The molecule has 0 aliphatic carbocycles. The van der Waals surface area contributed by atoms with Gasteiger partial charge in [0.2, 0.25) is 10.0 Å². The molecule has 0 unspecified atom stereocenters. The van der Waals surface area contributed by atoms with Crippen LogP contribution in [-0.4, -0.2) is 36.4 Å². The monoisotopic (exact) mass is 307 g/mol. The van der Waals surface area contributed by atoms with Crippen LogP contribution in [0.2, 0.25) is 0 Å². The first-order valence-corrected chi connectivity index (χ1v) is 7.40. The van der Waals surface area contributed by atoms with Crippen LogP contribution in [0.3, 0.4) is 0 Å². The molecule has 20 heavy (non-hydrogen) atoms. The summed E-state index contributed by atoms with van der Waals surface area (Å²) >= 11 is 0. The number of aliphatic carboxylic acids is 1. The highest BCUT2D eigenvalue weighted by Crippen LogP contribution is 2.19. The summed E-state index contributed by atoms with van der Waals surface area (Å²) in [5.74, 6) is -4.21. The second-order valence-corrected chi connectivity index (χ2v) is 6.41. The van der Waals surface area contributed by atoms with E-state index < -0.39 is 51.5 Å². The molecule has 0 aromatic heterocycles. The fourth-order valence-electron chi connectivity index (χ4n) is 1.67. The fourth-order valence-corrected chi connectivity index (χ4v) is 3.43. The van der Waals surface area contributed by atoms with E-state index in [1.54, 1.807) is 0 Å². The number of rotatable bonds is 6. The van der Waals surface area contributed by atoms with Gasteiger partial charge in [0.05, 0.1) is 5.75 Å². The Balaban J connectivity index is 3.12. The number of benzene rings is 1. The van der Waals surface area contributed by atoms with Crippen molar-refractivity contribution in [2.75, 3.05) is 6.54 Å². The van der Waals surface area contributed by atoms with Crippen molar-refractivity contribution in [1.82, 2.24) is 4.31 Å². The molecule has 5 nitrogen and oxygen atoms in total. The normalized spacial score (nSPS) is 12.1. The fraction of sp³-hybridized carbons (Fsp3) is 0.417. The van der Waals surface area contributed by atoms with E-state index in [0.29, 0.717) is 4.31 Å². The molecule has 0 fully saturated rings. The van der Waals surface area contributed by atoms with E-state index in [1.165, 1.54) is 13.8 Å². The third-order valence-corrected chi connectivity index (χ3v) is 4.53. The third-order valence-electron chi connectivity index (χ3n) is 2.61. The van der Waals surface area contributed by atoms with Crippen LogP contribution in [0.25, 0.3) is 0 Å². The molecule has 1 N–H and O–H groups in total. The zero-order valence-electron chi connectivity index (χ0n) is 11.0. The van der Waals surface area contributed by atoms with Gasteiger partial charge >= 0.3 is 5.97 Å². The van der Waals surface area contributed by atoms with Crippen molar-refractivity contribution in [3.63, 3.8) is 0 Å². The maximum atomic E-state index is 13.5. The van der Waals surface area contributed by atoms with Crippen LogP contribution >= 0.6 is 0 Å². The number of sulfonamides is 1. The van der Waals surface area contributed by atoms with Gasteiger partial charge in [-0.3, -0.25) is 4.79 Å². The number of nitrogens with zero attached hydrogens (tertiary/aromatic N) is 1. The van der Waals surface area contributed by atoms with Crippen LogP contribution in [0.5, 0.6) is 0 Å². The molecule has 8 heteroatoms. The lowest BCUT2D eigenvalue weighted by molar-refractivity contribution is -0.137. The summed E-state index contributed by atoms with van der Waals surface area (Å²) < 4.78 is 51.9. The lowest BCUT2D eigenvalue weighted by Gasteiger charge is -2.24. The predicted molar refractivity (Wildman–Crippen MR) is 68.5 cm³/mol. The quantitative estimate of drug-likeness (QED) is 0.866. The summed E-state index contributed by atoms with van der Waals surface area (Å²) in [6.07, 6.45) is 0. The lowest BCUT2D eigenvalue weighted by Crippen LogP contribution is -2.41. The molecular formula is C12H15F2NO4S. The molecular weight excluding hydrogens is 292 g/mol. The Morgan fingerprint density at radius 2 is 1.80 bits per heavy atom. The van der Waals surface area contributed by atoms with Crippen LogP contribution in [-0.2, 0) is 20.6 Å². The summed E-state index contributed by atoms with van der Waals surface area (Å²) in [5, 5.41) is 8.72. The minimum atomic E-state index is -4.14. The Labute approximate surface area is 115 Å². The first-order chi connectivity index (χ1) is 9.15. The Morgan fingerprint density at radius 1 is 1.30 bits per heavy atom. The number of carbonyl (C=O) groups is 1. The van der Waals surface area contributed by atoms with Crippen LogP contribution in [0.4, 0.5) is 8.78 Å². The largest absolute Gasteiger partial charge is 0.480 e. The average Bonchev–Trinajstić information content (AvgIpc) is 2.30. The van der Waals surface area contributed by atoms with E-state index in [1.807, 2.05) is 0 Å². The molecule has 0 spiro atoms. The standard InChI is InChI=1S/C12H15F2NO4S/c1-8(2)15(6-12(16)17)20(18,19)7-9-10(13)4-3-5-11(9)14/h3-5,8H,6-7H2,1-2H3,(H,16,17). The van der Waals surface area contributed by atoms with Crippen molar-refractivity contribution in [3.05, 3.63) is 35.4 Å². The average molecular weight is 307 g/mol. The topological polar surface area (TPSA) is 74.7 Å². The van der Waals surface area contributed by atoms with Crippen molar-refractivity contribution in [2.45, 2.75) is 25.6 Å². The molecule has 0 aliphatic heterocycles. The summed E-state index contributed by atoms with van der Waals surface area (Å²) in [6, 6.07) is 2.39. The molecule has 0 bridgehead atoms. The molecule has 1 rings (SSSR count). The highest BCUT2D eigenvalue weighted by Gasteiger charge is 2.29. The highest BCUT2D eigenvalue weighted by atomic mass is 32.2. The van der Waals surface area contributed by atoms with Gasteiger partial charge in [-0.15, -0.1) is 0 Å². The molecule has 0 amide bonds. The van der Waals surface area contributed by atoms with Gasteiger partial charge in [0.1, 0.15) is 18.2 Å². The van der Waals surface area contributed by atoms with E-state index in [4.69, 9.17) is 5.11 Å². The molecule has 0 saturated heterocycles. The second kappa shape index (κ2) is 6.27. The zero-order chi connectivity index (χ0) is 15.5. The van der Waals surface area contributed by atoms with E-state index in [0.717, 1.165) is 18.2 Å². The Hall–Kier alpha value is -1.54. The van der Waals surface area contributed by atoms with Crippen molar-refractivity contribution >= 4 is 16.0 Å². The number of hydrogen-bond acceptors (Lipinski definition) is 3. The number of hydrogen-bond donors (Lipinski definition) is 1. The van der Waals surface area contributed by atoms with Crippen LogP contribution in [0, 0.1) is 11.6 Å². The maximum absolute atomic E-state index is 13.5.